The molecule has 0 aliphatic carbocycles. The Kier molecular flexibility index (Phi) is 5.49. The molecule has 2 aliphatic rings. The van der Waals surface area contributed by atoms with E-state index in [1.165, 1.54) is 15.5 Å². The van der Waals surface area contributed by atoms with E-state index in [1.54, 1.807) is 0 Å². The van der Waals surface area contributed by atoms with Crippen LogP contribution in [0.15, 0.2) is 29.2 Å². The number of hydrogen-bond donors (Lipinski definition) is 2. The number of fused-ring (bicyclic) bond motifs is 2. The number of primary amides is 1. The van der Waals surface area contributed by atoms with Crippen LogP contribution in [0.1, 0.15) is 46.7 Å². The van der Waals surface area contributed by atoms with Crippen LogP contribution in [0.4, 0.5) is 8.78 Å². The number of ether oxygens (including phenoxy) is 1. The molecule has 3 heterocycles. The van der Waals surface area contributed by atoms with E-state index in [1.807, 2.05) is 13.8 Å². The molecule has 2 aliphatic heterocycles. The van der Waals surface area contributed by atoms with Gasteiger partial charge in [0.25, 0.3) is 11.8 Å². The molecule has 0 saturated carbocycles. The van der Waals surface area contributed by atoms with Gasteiger partial charge in [0.05, 0.1) is 18.7 Å². The average Bonchev–Trinajstić information content (AvgIpc) is 3.10. The van der Waals surface area contributed by atoms with Gasteiger partial charge in [-0.15, -0.1) is 0 Å². The summed E-state index contributed by atoms with van der Waals surface area (Å²) in [4.78, 5) is 38.7. The lowest BCUT2D eigenvalue weighted by molar-refractivity contribution is -0.0146. The molecule has 32 heavy (non-hydrogen) atoms. The molecular formula is C22H23F2N3O5. The number of rotatable bonds is 5. The van der Waals surface area contributed by atoms with Crippen LogP contribution in [0.25, 0.3) is 0 Å². The first-order valence-electron chi connectivity index (χ1n) is 10.3. The largest absolute Gasteiger partial charge is 0.503 e. The highest BCUT2D eigenvalue weighted by atomic mass is 19.1. The summed E-state index contributed by atoms with van der Waals surface area (Å²) in [5.74, 6) is -3.94. The highest BCUT2D eigenvalue weighted by Gasteiger charge is 2.50. The number of pyridine rings is 1. The molecule has 0 spiro atoms. The molecule has 1 fully saturated rings. The Morgan fingerprint density at radius 1 is 1.34 bits per heavy atom. The van der Waals surface area contributed by atoms with Gasteiger partial charge in [-0.1, -0.05) is 26.3 Å². The molecule has 1 aromatic heterocycles. The van der Waals surface area contributed by atoms with Crippen molar-refractivity contribution < 1.29 is 28.2 Å². The van der Waals surface area contributed by atoms with Gasteiger partial charge in [0.2, 0.25) is 5.43 Å². The molecule has 10 heteroatoms. The van der Waals surface area contributed by atoms with Crippen LogP contribution < -0.4 is 11.2 Å². The van der Waals surface area contributed by atoms with Gasteiger partial charge in [0.1, 0.15) is 17.2 Å². The molecule has 4 atom stereocenters. The van der Waals surface area contributed by atoms with Crippen LogP contribution in [-0.4, -0.2) is 44.8 Å². The molecule has 1 unspecified atom stereocenters. The molecule has 0 radical (unpaired) electrons. The Morgan fingerprint density at radius 2 is 2.06 bits per heavy atom. The van der Waals surface area contributed by atoms with Crippen molar-refractivity contribution in [3.63, 3.8) is 0 Å². The molecule has 170 valence electrons. The quantitative estimate of drug-likeness (QED) is 0.725. The monoisotopic (exact) mass is 447 g/mol. The molecule has 8 nitrogen and oxygen atoms in total. The van der Waals surface area contributed by atoms with Crippen LogP contribution in [0.5, 0.6) is 5.75 Å². The van der Waals surface area contributed by atoms with E-state index in [0.717, 1.165) is 18.3 Å². The van der Waals surface area contributed by atoms with Crippen molar-refractivity contribution in [1.82, 2.24) is 9.47 Å². The van der Waals surface area contributed by atoms with Gasteiger partial charge in [0.15, 0.2) is 17.7 Å². The van der Waals surface area contributed by atoms with Crippen LogP contribution in [0, 0.1) is 17.6 Å². The summed E-state index contributed by atoms with van der Waals surface area (Å²) in [6.07, 6.45) is 0.576. The minimum Gasteiger partial charge on any atom is -0.503 e. The Hall–Kier alpha value is -3.27. The van der Waals surface area contributed by atoms with Gasteiger partial charge in [-0.25, -0.2) is 8.78 Å². The van der Waals surface area contributed by atoms with E-state index in [-0.39, 0.29) is 30.1 Å². The molecular weight excluding hydrogens is 424 g/mol. The number of hydrogen-bond acceptors (Lipinski definition) is 5. The fourth-order valence-electron chi connectivity index (χ4n) is 4.56. The number of carbonyl (C=O) groups excluding carboxylic acids is 2. The van der Waals surface area contributed by atoms with Crippen LogP contribution in [0.3, 0.4) is 0 Å². The zero-order chi connectivity index (χ0) is 23.3. The van der Waals surface area contributed by atoms with Crippen molar-refractivity contribution in [1.29, 1.82) is 0 Å². The fraction of sp³-hybridized carbons (Fsp3) is 0.409. The summed E-state index contributed by atoms with van der Waals surface area (Å²) < 4.78 is 35.0. The van der Waals surface area contributed by atoms with Gasteiger partial charge in [-0.2, -0.15) is 0 Å². The number of aromatic nitrogens is 1. The molecule has 1 saturated heterocycles. The van der Waals surface area contributed by atoms with Crippen molar-refractivity contribution >= 4 is 11.8 Å². The molecule has 3 N–H and O–H groups in total. The van der Waals surface area contributed by atoms with Crippen LogP contribution in [0.2, 0.25) is 0 Å². The highest BCUT2D eigenvalue weighted by molar-refractivity contribution is 5.99. The summed E-state index contributed by atoms with van der Waals surface area (Å²) in [7, 11) is 0. The zero-order valence-electron chi connectivity index (χ0n) is 17.5. The van der Waals surface area contributed by atoms with Crippen molar-refractivity contribution in [2.45, 2.75) is 51.6 Å². The third-order valence-corrected chi connectivity index (χ3v) is 6.32. The smallest absolute Gasteiger partial charge is 0.276 e. The van der Waals surface area contributed by atoms with Crippen molar-refractivity contribution in [3.05, 3.63) is 63.1 Å². The maximum Gasteiger partial charge on any atom is 0.276 e. The maximum atomic E-state index is 14.3. The van der Waals surface area contributed by atoms with Crippen LogP contribution in [-0.2, 0) is 17.7 Å². The first kappa shape index (κ1) is 21.9. The SMILES string of the molecule is CC[C@H](C)[C@H]1C(Cc2ccc(F)cc2F)O[C@@H]2Cn3cc(C(N)=O)c(=O)c(O)c3C(=O)N12. The van der Waals surface area contributed by atoms with Crippen molar-refractivity contribution in [3.8, 4) is 5.75 Å². The van der Waals surface area contributed by atoms with E-state index in [0.29, 0.717) is 6.42 Å². The number of nitrogens with two attached hydrogens (primary N) is 1. The van der Waals surface area contributed by atoms with E-state index in [2.05, 4.69) is 0 Å². The Balaban J connectivity index is 1.75. The minimum absolute atomic E-state index is 0.0462. The maximum absolute atomic E-state index is 14.3. The molecule has 2 amide bonds. The van der Waals surface area contributed by atoms with Gasteiger partial charge in [-0.05, 0) is 17.5 Å². The Morgan fingerprint density at radius 3 is 2.69 bits per heavy atom. The second-order valence-electron chi connectivity index (χ2n) is 8.24. The van der Waals surface area contributed by atoms with E-state index >= 15 is 0 Å². The molecule has 0 bridgehead atoms. The van der Waals surface area contributed by atoms with Gasteiger partial charge in [-0.3, -0.25) is 14.4 Å². The lowest BCUT2D eigenvalue weighted by Gasteiger charge is -2.37. The third-order valence-electron chi connectivity index (χ3n) is 6.32. The molecule has 1 aromatic carbocycles. The summed E-state index contributed by atoms with van der Waals surface area (Å²) in [5, 5.41) is 10.4. The lowest BCUT2D eigenvalue weighted by Crippen LogP contribution is -2.52. The van der Waals surface area contributed by atoms with Crippen molar-refractivity contribution in [2.24, 2.45) is 11.7 Å². The highest BCUT2D eigenvalue weighted by Crippen LogP contribution is 2.38. The molecule has 2 aromatic rings. The number of nitrogens with zero attached hydrogens (tertiary/aromatic N) is 2. The van der Waals surface area contributed by atoms with Crippen molar-refractivity contribution in [2.75, 3.05) is 0 Å². The predicted molar refractivity (Wildman–Crippen MR) is 109 cm³/mol. The number of aromatic hydroxyl groups is 1. The summed E-state index contributed by atoms with van der Waals surface area (Å²) >= 11 is 0. The van der Waals surface area contributed by atoms with Gasteiger partial charge < -0.3 is 25.0 Å². The first-order chi connectivity index (χ1) is 15.1. The van der Waals surface area contributed by atoms with Gasteiger partial charge in [0, 0.05) is 18.7 Å². The summed E-state index contributed by atoms with van der Waals surface area (Å²) in [6, 6.07) is 2.83. The second-order valence-corrected chi connectivity index (χ2v) is 8.24. The Labute approximate surface area is 182 Å². The minimum atomic E-state index is -1.02. The van der Waals surface area contributed by atoms with E-state index in [4.69, 9.17) is 10.5 Å². The zero-order valence-corrected chi connectivity index (χ0v) is 17.5. The number of halogens is 2. The normalized spacial score (nSPS) is 23.1. The van der Waals surface area contributed by atoms with Gasteiger partial charge >= 0.3 is 0 Å². The number of amides is 2. The second kappa shape index (κ2) is 8.01. The third kappa shape index (κ3) is 3.44. The summed E-state index contributed by atoms with van der Waals surface area (Å²) in [5.41, 5.74) is 3.77. The molecule has 4 rings (SSSR count). The average molecular weight is 447 g/mol. The van der Waals surface area contributed by atoms with E-state index in [9.17, 15) is 28.3 Å². The predicted octanol–water partition coefficient (Wildman–Crippen LogP) is 1.77. The topological polar surface area (TPSA) is 115 Å². The summed E-state index contributed by atoms with van der Waals surface area (Å²) in [6.45, 7) is 3.91. The standard InChI is InChI=1S/C22H23F2N3O5/c1-3-10(2)17-15(6-11-4-5-12(23)7-14(11)24)32-16-9-26-8-13(21(25)30)19(28)20(29)18(26)22(31)27(16)17/h4-5,7-8,10,15-17,29H,3,6,9H2,1-2H3,(H2,25,30)/t10-,15?,16+,17-/m0/s1. The lowest BCUT2D eigenvalue weighted by atomic mass is 9.89. The fourth-order valence-corrected chi connectivity index (χ4v) is 4.56. The first-order valence-corrected chi connectivity index (χ1v) is 10.3. The number of carbonyl (C=O) groups is 2. The van der Waals surface area contributed by atoms with E-state index < -0.39 is 58.6 Å². The Bertz CT molecular complexity index is 1160. The number of benzene rings is 1. The van der Waals surface area contributed by atoms with Crippen LogP contribution >= 0.6 is 0 Å².